The number of thiophene rings is 1. The van der Waals surface area contributed by atoms with Crippen molar-refractivity contribution < 1.29 is 8.42 Å². The summed E-state index contributed by atoms with van der Waals surface area (Å²) in [6.07, 6.45) is 3.26. The summed E-state index contributed by atoms with van der Waals surface area (Å²) < 4.78 is 26.0. The van der Waals surface area contributed by atoms with Crippen LogP contribution in [0.1, 0.15) is 10.4 Å². The average Bonchev–Trinajstić information content (AvgIpc) is 2.89. The van der Waals surface area contributed by atoms with Crippen LogP contribution in [0.4, 0.5) is 0 Å². The highest BCUT2D eigenvalue weighted by molar-refractivity contribution is 7.91. The lowest BCUT2D eigenvalue weighted by Crippen LogP contribution is -2.25. The first-order chi connectivity index (χ1) is 9.04. The van der Waals surface area contributed by atoms with Crippen LogP contribution in [-0.2, 0) is 16.6 Å². The Morgan fingerprint density at radius 2 is 2.21 bits per heavy atom. The molecule has 0 saturated heterocycles. The number of rotatable bonds is 4. The van der Waals surface area contributed by atoms with Crippen molar-refractivity contribution in [1.29, 1.82) is 5.26 Å². The van der Waals surface area contributed by atoms with Crippen molar-refractivity contribution in [3.63, 3.8) is 0 Å². The van der Waals surface area contributed by atoms with Gasteiger partial charge in [0.15, 0.2) is 0 Å². The Kier molecular flexibility index (Phi) is 3.95. The van der Waals surface area contributed by atoms with Crippen LogP contribution < -0.4 is 0 Å². The Morgan fingerprint density at radius 1 is 1.42 bits per heavy atom. The average molecular weight is 293 g/mol. The normalized spacial score (nSPS) is 11.4. The molecule has 0 aliphatic heterocycles. The van der Waals surface area contributed by atoms with Gasteiger partial charge in [-0.05, 0) is 23.8 Å². The fourth-order valence-electron chi connectivity index (χ4n) is 1.51. The van der Waals surface area contributed by atoms with Gasteiger partial charge in [-0.25, -0.2) is 8.42 Å². The molecular weight excluding hydrogens is 282 g/mol. The first-order valence-electron chi connectivity index (χ1n) is 5.39. The van der Waals surface area contributed by atoms with Gasteiger partial charge in [0.05, 0.1) is 0 Å². The molecule has 2 aromatic heterocycles. The van der Waals surface area contributed by atoms with Crippen molar-refractivity contribution in [1.82, 2.24) is 9.29 Å². The fraction of sp³-hybridized carbons (Fsp3) is 0.167. The van der Waals surface area contributed by atoms with Gasteiger partial charge in [0.1, 0.15) is 15.2 Å². The van der Waals surface area contributed by atoms with E-state index in [0.717, 1.165) is 16.9 Å². The molecule has 0 aliphatic rings. The van der Waals surface area contributed by atoms with E-state index in [1.165, 1.54) is 23.5 Å². The van der Waals surface area contributed by atoms with Crippen LogP contribution in [0.5, 0.6) is 0 Å². The second-order valence-electron chi connectivity index (χ2n) is 3.85. The molecule has 0 amide bonds. The lowest BCUT2D eigenvalue weighted by atomic mass is 10.3. The Labute approximate surface area is 115 Å². The summed E-state index contributed by atoms with van der Waals surface area (Å²) in [5.41, 5.74) is 0.811. The second-order valence-corrected chi connectivity index (χ2v) is 7.21. The van der Waals surface area contributed by atoms with E-state index in [9.17, 15) is 8.42 Å². The zero-order valence-electron chi connectivity index (χ0n) is 10.1. The van der Waals surface area contributed by atoms with Crippen LogP contribution in [-0.4, -0.2) is 24.8 Å². The van der Waals surface area contributed by atoms with E-state index in [4.69, 9.17) is 5.26 Å². The molecule has 2 rings (SSSR count). The Hall–Kier alpha value is -1.75. The molecule has 0 fully saturated rings. The first-order valence-corrected chi connectivity index (χ1v) is 7.65. The molecule has 2 heterocycles. The maximum absolute atomic E-state index is 12.3. The van der Waals surface area contributed by atoms with Gasteiger partial charge in [-0.2, -0.15) is 9.57 Å². The topological polar surface area (TPSA) is 74.1 Å². The summed E-state index contributed by atoms with van der Waals surface area (Å²) in [6.45, 7) is 0.246. The third-order valence-corrected chi connectivity index (χ3v) is 5.74. The summed E-state index contributed by atoms with van der Waals surface area (Å²) in [4.78, 5) is 4.33. The molecule has 2 aromatic rings. The van der Waals surface area contributed by atoms with Crippen molar-refractivity contribution >= 4 is 21.4 Å². The lowest BCUT2D eigenvalue weighted by molar-refractivity contribution is 0.468. The predicted octanol–water partition coefficient (Wildman–Crippen LogP) is 1.84. The molecule has 0 spiro atoms. The van der Waals surface area contributed by atoms with Gasteiger partial charge >= 0.3 is 0 Å². The minimum atomic E-state index is -3.55. The summed E-state index contributed by atoms with van der Waals surface area (Å²) in [5, 5.41) is 8.73. The largest absolute Gasteiger partial charge is 0.264 e. The van der Waals surface area contributed by atoms with E-state index in [-0.39, 0.29) is 10.8 Å². The zero-order valence-corrected chi connectivity index (χ0v) is 11.8. The number of hydrogen-bond donors (Lipinski definition) is 0. The SMILES string of the molecule is CN(Cc1cccnc1)S(=O)(=O)c1ccc(C#N)s1. The number of nitriles is 1. The van der Waals surface area contributed by atoms with E-state index in [0.29, 0.717) is 4.88 Å². The highest BCUT2D eigenvalue weighted by Gasteiger charge is 2.22. The number of sulfonamides is 1. The minimum Gasteiger partial charge on any atom is -0.264 e. The van der Waals surface area contributed by atoms with Crippen LogP contribution in [0.2, 0.25) is 0 Å². The second kappa shape index (κ2) is 5.48. The van der Waals surface area contributed by atoms with Crippen molar-refractivity contribution in [3.8, 4) is 6.07 Å². The van der Waals surface area contributed by atoms with Gasteiger partial charge in [-0.15, -0.1) is 11.3 Å². The van der Waals surface area contributed by atoms with Crippen LogP contribution in [0.25, 0.3) is 0 Å². The highest BCUT2D eigenvalue weighted by Crippen LogP contribution is 2.24. The van der Waals surface area contributed by atoms with E-state index < -0.39 is 10.0 Å². The number of nitrogens with zero attached hydrogens (tertiary/aromatic N) is 3. The van der Waals surface area contributed by atoms with Crippen molar-refractivity contribution in [3.05, 3.63) is 47.1 Å². The fourth-order valence-corrected chi connectivity index (χ4v) is 3.98. The molecule has 98 valence electrons. The molecule has 0 N–H and O–H groups in total. The molecule has 19 heavy (non-hydrogen) atoms. The van der Waals surface area contributed by atoms with Crippen LogP contribution >= 0.6 is 11.3 Å². The Bertz CT molecular complexity index is 702. The number of aromatic nitrogens is 1. The van der Waals surface area contributed by atoms with Gasteiger partial charge in [-0.1, -0.05) is 6.07 Å². The van der Waals surface area contributed by atoms with E-state index in [1.54, 1.807) is 18.5 Å². The summed E-state index contributed by atoms with van der Waals surface area (Å²) in [5.74, 6) is 0. The summed E-state index contributed by atoms with van der Waals surface area (Å²) in [7, 11) is -2.05. The lowest BCUT2D eigenvalue weighted by Gasteiger charge is -2.15. The Morgan fingerprint density at radius 3 is 2.79 bits per heavy atom. The standard InChI is InChI=1S/C12H11N3O2S2/c1-15(9-10-3-2-6-14-8-10)19(16,17)12-5-4-11(7-13)18-12/h2-6,8H,9H2,1H3. The van der Waals surface area contributed by atoms with Gasteiger partial charge < -0.3 is 0 Å². The van der Waals surface area contributed by atoms with Crippen LogP contribution in [0, 0.1) is 11.3 Å². The smallest absolute Gasteiger partial charge is 0.252 e. The van der Waals surface area contributed by atoms with Crippen LogP contribution in [0.15, 0.2) is 40.9 Å². The molecule has 7 heteroatoms. The van der Waals surface area contributed by atoms with E-state index in [2.05, 4.69) is 4.98 Å². The van der Waals surface area contributed by atoms with Crippen molar-refractivity contribution in [2.45, 2.75) is 10.8 Å². The number of pyridine rings is 1. The van der Waals surface area contributed by atoms with Crippen molar-refractivity contribution in [2.75, 3.05) is 7.05 Å². The molecule has 0 bridgehead atoms. The van der Waals surface area contributed by atoms with Gasteiger partial charge in [0.25, 0.3) is 10.0 Å². The minimum absolute atomic E-state index is 0.176. The van der Waals surface area contributed by atoms with E-state index in [1.807, 2.05) is 12.1 Å². The Balaban J connectivity index is 2.22. The highest BCUT2D eigenvalue weighted by atomic mass is 32.2. The van der Waals surface area contributed by atoms with Gasteiger partial charge in [0.2, 0.25) is 0 Å². The van der Waals surface area contributed by atoms with Gasteiger partial charge in [0, 0.05) is 26.0 Å². The third kappa shape index (κ3) is 2.98. The molecule has 0 atom stereocenters. The molecule has 5 nitrogen and oxygen atoms in total. The molecule has 0 aliphatic carbocycles. The maximum atomic E-state index is 12.3. The van der Waals surface area contributed by atoms with Crippen molar-refractivity contribution in [2.24, 2.45) is 0 Å². The summed E-state index contributed by atoms with van der Waals surface area (Å²) in [6, 6.07) is 8.47. The monoisotopic (exact) mass is 293 g/mol. The molecule has 0 radical (unpaired) electrons. The maximum Gasteiger partial charge on any atom is 0.252 e. The first kappa shape index (κ1) is 13.7. The molecule has 0 aromatic carbocycles. The van der Waals surface area contributed by atoms with E-state index >= 15 is 0 Å². The van der Waals surface area contributed by atoms with Gasteiger partial charge in [-0.3, -0.25) is 4.98 Å². The quantitative estimate of drug-likeness (QED) is 0.862. The molecular formula is C12H11N3O2S2. The third-order valence-electron chi connectivity index (χ3n) is 2.48. The summed E-state index contributed by atoms with van der Waals surface area (Å²) >= 11 is 0.972. The molecule has 0 saturated carbocycles. The van der Waals surface area contributed by atoms with Crippen LogP contribution in [0.3, 0.4) is 0 Å². The number of hydrogen-bond acceptors (Lipinski definition) is 5. The predicted molar refractivity (Wildman–Crippen MR) is 71.9 cm³/mol. The molecule has 0 unspecified atom stereocenters. The zero-order chi connectivity index (χ0) is 13.9.